The number of aromatic nitrogens is 2. The molecule has 120 valence electrons. The van der Waals surface area contributed by atoms with E-state index in [0.29, 0.717) is 17.2 Å². The molecule has 0 N–H and O–H groups in total. The number of methoxy groups -OCH3 is 3. The SMILES string of the molecule is COc1cc(-c2n(C)c3ccccc3[n+]2C)cc(OC)c1OC. The average Bonchev–Trinajstić information content (AvgIpc) is 2.85. The normalized spacial score (nSPS) is 10.8. The predicted octanol–water partition coefficient (Wildman–Crippen LogP) is 2.70. The molecule has 0 amide bonds. The van der Waals surface area contributed by atoms with Crippen LogP contribution >= 0.6 is 0 Å². The Hall–Kier alpha value is -2.69. The summed E-state index contributed by atoms with van der Waals surface area (Å²) in [5.74, 6) is 2.95. The molecular weight excluding hydrogens is 292 g/mol. The molecule has 0 unspecified atom stereocenters. The highest BCUT2D eigenvalue weighted by atomic mass is 16.5. The van der Waals surface area contributed by atoms with E-state index < -0.39 is 0 Å². The number of imidazole rings is 1. The Morgan fingerprint density at radius 3 is 2.04 bits per heavy atom. The zero-order chi connectivity index (χ0) is 16.6. The molecule has 23 heavy (non-hydrogen) atoms. The van der Waals surface area contributed by atoms with Crippen molar-refractivity contribution in [2.24, 2.45) is 14.1 Å². The minimum Gasteiger partial charge on any atom is -0.493 e. The van der Waals surface area contributed by atoms with Gasteiger partial charge in [0, 0.05) is 0 Å². The average molecular weight is 313 g/mol. The summed E-state index contributed by atoms with van der Waals surface area (Å²) >= 11 is 0. The minimum atomic E-state index is 0.597. The molecule has 0 aliphatic carbocycles. The first-order valence-corrected chi connectivity index (χ1v) is 7.36. The third kappa shape index (κ3) is 2.29. The molecule has 0 aliphatic heterocycles. The van der Waals surface area contributed by atoms with E-state index in [0.717, 1.165) is 11.4 Å². The van der Waals surface area contributed by atoms with Crippen molar-refractivity contribution in [2.75, 3.05) is 21.3 Å². The van der Waals surface area contributed by atoms with Crippen molar-refractivity contribution in [3.05, 3.63) is 36.4 Å². The fourth-order valence-electron chi connectivity index (χ4n) is 3.08. The number of benzene rings is 2. The summed E-state index contributed by atoms with van der Waals surface area (Å²) in [5, 5.41) is 0. The molecule has 0 aliphatic rings. The van der Waals surface area contributed by atoms with Crippen LogP contribution in [-0.4, -0.2) is 25.9 Å². The molecule has 0 radical (unpaired) electrons. The summed E-state index contributed by atoms with van der Waals surface area (Å²) in [7, 11) is 8.98. The van der Waals surface area contributed by atoms with Crippen LogP contribution in [0.3, 0.4) is 0 Å². The first-order valence-electron chi connectivity index (χ1n) is 7.36. The third-order valence-electron chi connectivity index (χ3n) is 4.16. The van der Waals surface area contributed by atoms with Gasteiger partial charge in [0.15, 0.2) is 22.5 Å². The second-order valence-corrected chi connectivity index (χ2v) is 5.34. The molecule has 2 aromatic carbocycles. The molecule has 1 heterocycles. The number of para-hydroxylation sites is 2. The van der Waals surface area contributed by atoms with Crippen LogP contribution < -0.4 is 18.8 Å². The molecule has 3 aromatic rings. The van der Waals surface area contributed by atoms with Crippen molar-refractivity contribution in [1.29, 1.82) is 0 Å². The van der Waals surface area contributed by atoms with Crippen LogP contribution in [0.4, 0.5) is 0 Å². The van der Waals surface area contributed by atoms with E-state index in [1.165, 1.54) is 11.0 Å². The van der Waals surface area contributed by atoms with Gasteiger partial charge in [-0.3, -0.25) is 0 Å². The van der Waals surface area contributed by atoms with Gasteiger partial charge in [0.2, 0.25) is 5.75 Å². The van der Waals surface area contributed by atoms with Gasteiger partial charge in [-0.05, 0) is 24.3 Å². The topological polar surface area (TPSA) is 36.5 Å². The van der Waals surface area contributed by atoms with Gasteiger partial charge in [-0.2, -0.15) is 0 Å². The van der Waals surface area contributed by atoms with E-state index >= 15 is 0 Å². The van der Waals surface area contributed by atoms with Gasteiger partial charge >= 0.3 is 0 Å². The molecular formula is C18H21N2O3+. The number of nitrogens with zero attached hydrogens (tertiary/aromatic N) is 2. The third-order valence-corrected chi connectivity index (χ3v) is 4.16. The van der Waals surface area contributed by atoms with Crippen molar-refractivity contribution in [2.45, 2.75) is 0 Å². The van der Waals surface area contributed by atoms with Gasteiger partial charge in [-0.15, -0.1) is 0 Å². The summed E-state index contributed by atoms with van der Waals surface area (Å²) in [6.07, 6.45) is 0. The van der Waals surface area contributed by atoms with Crippen LogP contribution in [0, 0.1) is 0 Å². The number of ether oxygens (including phenoxy) is 3. The second kappa shape index (κ2) is 5.83. The number of fused-ring (bicyclic) bond motifs is 1. The van der Waals surface area contributed by atoms with Gasteiger partial charge in [0.25, 0.3) is 5.82 Å². The maximum atomic E-state index is 5.47. The van der Waals surface area contributed by atoms with Crippen LogP contribution in [-0.2, 0) is 14.1 Å². The van der Waals surface area contributed by atoms with E-state index in [1.54, 1.807) is 21.3 Å². The van der Waals surface area contributed by atoms with Crippen LogP contribution in [0.5, 0.6) is 17.2 Å². The molecule has 0 saturated carbocycles. The lowest BCUT2D eigenvalue weighted by molar-refractivity contribution is -0.634. The molecule has 0 saturated heterocycles. The maximum absolute atomic E-state index is 5.47. The quantitative estimate of drug-likeness (QED) is 0.695. The lowest BCUT2D eigenvalue weighted by Crippen LogP contribution is -2.30. The highest BCUT2D eigenvalue weighted by Crippen LogP contribution is 2.40. The number of aryl methyl sites for hydroxylation is 2. The Kier molecular flexibility index (Phi) is 3.86. The Morgan fingerprint density at radius 2 is 1.52 bits per heavy atom. The van der Waals surface area contributed by atoms with E-state index in [2.05, 4.69) is 35.4 Å². The van der Waals surface area contributed by atoms with Crippen molar-refractivity contribution >= 4 is 11.0 Å². The largest absolute Gasteiger partial charge is 0.493 e. The zero-order valence-electron chi connectivity index (χ0n) is 14.1. The van der Waals surface area contributed by atoms with Gasteiger partial charge in [-0.25, -0.2) is 9.13 Å². The summed E-state index contributed by atoms with van der Waals surface area (Å²) in [4.78, 5) is 0. The standard InChI is InChI=1S/C18H21N2O3/c1-19-13-8-6-7-9-14(13)20(2)18(19)12-10-15(21-3)17(23-5)16(11-12)22-4/h6-11H,1-5H3/q+1. The van der Waals surface area contributed by atoms with Crippen LogP contribution in [0.2, 0.25) is 0 Å². The van der Waals surface area contributed by atoms with E-state index in [9.17, 15) is 0 Å². The molecule has 0 bridgehead atoms. The van der Waals surface area contributed by atoms with E-state index in [1.807, 2.05) is 24.3 Å². The van der Waals surface area contributed by atoms with E-state index in [4.69, 9.17) is 14.2 Å². The zero-order valence-corrected chi connectivity index (χ0v) is 14.1. The maximum Gasteiger partial charge on any atom is 0.289 e. The number of hydrogen-bond acceptors (Lipinski definition) is 3. The molecule has 5 heteroatoms. The number of rotatable bonds is 4. The summed E-state index contributed by atoms with van der Waals surface area (Å²) in [5.41, 5.74) is 3.33. The Bertz CT molecular complexity index is 804. The Labute approximate surface area is 135 Å². The van der Waals surface area contributed by atoms with E-state index in [-0.39, 0.29) is 0 Å². The lowest BCUT2D eigenvalue weighted by atomic mass is 10.1. The molecule has 0 atom stereocenters. The fraction of sp³-hybridized carbons (Fsp3) is 0.278. The predicted molar refractivity (Wildman–Crippen MR) is 89.2 cm³/mol. The van der Waals surface area contributed by atoms with Crippen molar-refractivity contribution in [3.63, 3.8) is 0 Å². The van der Waals surface area contributed by atoms with Crippen molar-refractivity contribution in [1.82, 2.24) is 4.57 Å². The smallest absolute Gasteiger partial charge is 0.289 e. The second-order valence-electron chi connectivity index (χ2n) is 5.34. The monoisotopic (exact) mass is 313 g/mol. The first kappa shape index (κ1) is 15.2. The first-order chi connectivity index (χ1) is 11.1. The Balaban J connectivity index is 2.31. The van der Waals surface area contributed by atoms with Crippen LogP contribution in [0.1, 0.15) is 0 Å². The van der Waals surface area contributed by atoms with Crippen molar-refractivity contribution in [3.8, 4) is 28.6 Å². The van der Waals surface area contributed by atoms with Gasteiger partial charge < -0.3 is 14.2 Å². The molecule has 3 rings (SSSR count). The van der Waals surface area contributed by atoms with Gasteiger partial charge in [-0.1, -0.05) is 12.1 Å². The fourth-order valence-corrected chi connectivity index (χ4v) is 3.08. The summed E-state index contributed by atoms with van der Waals surface area (Å²) < 4.78 is 20.7. The summed E-state index contributed by atoms with van der Waals surface area (Å²) in [6, 6.07) is 12.2. The lowest BCUT2D eigenvalue weighted by Gasteiger charge is -2.13. The Morgan fingerprint density at radius 1 is 0.913 bits per heavy atom. The summed E-state index contributed by atoms with van der Waals surface area (Å²) in [6.45, 7) is 0. The highest BCUT2D eigenvalue weighted by molar-refractivity contribution is 5.77. The molecule has 5 nitrogen and oxygen atoms in total. The van der Waals surface area contributed by atoms with Gasteiger partial charge in [0.1, 0.15) is 0 Å². The number of hydrogen-bond donors (Lipinski definition) is 0. The minimum absolute atomic E-state index is 0.597. The van der Waals surface area contributed by atoms with Crippen LogP contribution in [0.25, 0.3) is 22.4 Å². The molecule has 1 aromatic heterocycles. The van der Waals surface area contributed by atoms with Crippen molar-refractivity contribution < 1.29 is 18.8 Å². The van der Waals surface area contributed by atoms with Gasteiger partial charge in [0.05, 0.1) is 41.0 Å². The highest BCUT2D eigenvalue weighted by Gasteiger charge is 2.24. The van der Waals surface area contributed by atoms with Crippen LogP contribution in [0.15, 0.2) is 36.4 Å². The molecule has 0 fully saturated rings. The molecule has 0 spiro atoms.